The molecule has 4 rings (SSSR count). The molecule has 0 fully saturated rings. The van der Waals surface area contributed by atoms with Gasteiger partial charge in [-0.1, -0.05) is 49.4 Å². The number of amides is 2. The van der Waals surface area contributed by atoms with E-state index in [0.29, 0.717) is 10.1 Å². The van der Waals surface area contributed by atoms with Crippen LogP contribution >= 0.6 is 11.8 Å². The molecule has 0 spiro atoms. The number of thioether (sulfide) groups is 1. The van der Waals surface area contributed by atoms with Crippen LogP contribution in [0.1, 0.15) is 29.4 Å². The van der Waals surface area contributed by atoms with Crippen molar-refractivity contribution in [3.8, 4) is 0 Å². The van der Waals surface area contributed by atoms with E-state index in [1.165, 1.54) is 10.5 Å². The van der Waals surface area contributed by atoms with Crippen LogP contribution in [0, 0.1) is 13.8 Å². The van der Waals surface area contributed by atoms with Gasteiger partial charge in [0, 0.05) is 17.1 Å². The van der Waals surface area contributed by atoms with Gasteiger partial charge in [-0.25, -0.2) is 9.97 Å². The second-order valence-corrected chi connectivity index (χ2v) is 8.57. The quantitative estimate of drug-likeness (QED) is 0.423. The molecule has 32 heavy (non-hydrogen) atoms. The third-order valence-electron chi connectivity index (χ3n) is 5.10. The number of benzene rings is 2. The molecule has 0 bridgehead atoms. The summed E-state index contributed by atoms with van der Waals surface area (Å²) in [5, 5.41) is 3.62. The third-order valence-corrected chi connectivity index (χ3v) is 6.04. The Labute approximate surface area is 191 Å². The van der Waals surface area contributed by atoms with Crippen LogP contribution in [0.4, 0.5) is 5.69 Å². The second-order valence-electron chi connectivity index (χ2n) is 7.60. The molecular formula is C25H24N4O2S. The molecule has 3 aromatic rings. The molecule has 162 valence electrons. The number of carbonyl (C=O) groups excluding carboxylic acids is 2. The Hall–Kier alpha value is -3.45. The van der Waals surface area contributed by atoms with Gasteiger partial charge in [-0.2, -0.15) is 0 Å². The number of imide groups is 1. The number of anilines is 1. The molecule has 1 aliphatic rings. The van der Waals surface area contributed by atoms with Crippen LogP contribution in [0.5, 0.6) is 0 Å². The Morgan fingerprint density at radius 1 is 0.875 bits per heavy atom. The van der Waals surface area contributed by atoms with Gasteiger partial charge in [0.2, 0.25) is 0 Å². The van der Waals surface area contributed by atoms with Crippen LogP contribution in [0.15, 0.2) is 76.4 Å². The number of nitrogens with zero attached hydrogens (tertiary/aromatic N) is 3. The summed E-state index contributed by atoms with van der Waals surface area (Å²) in [4.78, 5) is 37.1. The summed E-state index contributed by atoms with van der Waals surface area (Å²) in [6, 6.07) is 19.2. The van der Waals surface area contributed by atoms with Crippen LogP contribution in [-0.2, 0) is 22.6 Å². The van der Waals surface area contributed by atoms with Gasteiger partial charge in [0.15, 0.2) is 5.16 Å². The van der Waals surface area contributed by atoms with Gasteiger partial charge < -0.3 is 5.32 Å². The summed E-state index contributed by atoms with van der Waals surface area (Å²) in [6.07, 6.45) is 0.927. The van der Waals surface area contributed by atoms with E-state index in [1.807, 2.05) is 74.5 Å². The van der Waals surface area contributed by atoms with Crippen molar-refractivity contribution in [1.82, 2.24) is 14.9 Å². The van der Waals surface area contributed by atoms with E-state index in [1.54, 1.807) is 0 Å². The zero-order chi connectivity index (χ0) is 22.7. The van der Waals surface area contributed by atoms with Crippen molar-refractivity contribution < 1.29 is 9.59 Å². The lowest BCUT2D eigenvalue weighted by Crippen LogP contribution is -2.31. The average molecular weight is 445 g/mol. The molecule has 0 unspecified atom stereocenters. The second kappa shape index (κ2) is 9.36. The Kier molecular flexibility index (Phi) is 6.37. The number of hydrogen-bond acceptors (Lipinski definition) is 6. The van der Waals surface area contributed by atoms with Gasteiger partial charge in [0.05, 0.1) is 6.54 Å². The largest absolute Gasteiger partial charge is 0.350 e. The van der Waals surface area contributed by atoms with Gasteiger partial charge in [-0.15, -0.1) is 0 Å². The minimum atomic E-state index is -0.356. The first-order valence-electron chi connectivity index (χ1n) is 10.4. The van der Waals surface area contributed by atoms with E-state index >= 15 is 0 Å². The molecule has 0 saturated carbocycles. The van der Waals surface area contributed by atoms with Gasteiger partial charge in [0.1, 0.15) is 10.6 Å². The first-order chi connectivity index (χ1) is 15.4. The molecule has 0 atom stereocenters. The van der Waals surface area contributed by atoms with Gasteiger partial charge in [-0.3, -0.25) is 14.5 Å². The van der Waals surface area contributed by atoms with Crippen molar-refractivity contribution in [3.63, 3.8) is 0 Å². The van der Waals surface area contributed by atoms with Crippen molar-refractivity contribution >= 4 is 29.3 Å². The van der Waals surface area contributed by atoms with E-state index in [4.69, 9.17) is 0 Å². The highest BCUT2D eigenvalue weighted by molar-refractivity contribution is 8.04. The Morgan fingerprint density at radius 3 is 2.16 bits per heavy atom. The van der Waals surface area contributed by atoms with Crippen LogP contribution in [0.2, 0.25) is 0 Å². The molecule has 7 heteroatoms. The van der Waals surface area contributed by atoms with E-state index in [-0.39, 0.29) is 24.1 Å². The molecular weight excluding hydrogens is 420 g/mol. The summed E-state index contributed by atoms with van der Waals surface area (Å²) in [7, 11) is 0. The van der Waals surface area contributed by atoms with E-state index in [9.17, 15) is 9.59 Å². The predicted octanol–water partition coefficient (Wildman–Crippen LogP) is 4.64. The maximum atomic E-state index is 13.3. The van der Waals surface area contributed by atoms with Gasteiger partial charge in [-0.05, 0) is 61.4 Å². The van der Waals surface area contributed by atoms with E-state index in [2.05, 4.69) is 22.2 Å². The lowest BCUT2D eigenvalue weighted by molar-refractivity contribution is -0.137. The fraction of sp³-hybridized carbons (Fsp3) is 0.200. The standard InChI is InChI=1S/C25H24N4O2S/c1-4-18-10-12-20(13-11-18)28-21-22(32-25-26-16(2)14-17(3)27-25)24(31)29(23(21)30)15-19-8-6-5-7-9-19/h5-14,28H,4,15H2,1-3H3. The predicted molar refractivity (Wildman–Crippen MR) is 126 cm³/mol. The summed E-state index contributed by atoms with van der Waals surface area (Å²) >= 11 is 1.12. The fourth-order valence-corrected chi connectivity index (χ4v) is 4.47. The molecule has 1 aliphatic heterocycles. The first kappa shape index (κ1) is 21.8. The minimum absolute atomic E-state index is 0.205. The SMILES string of the molecule is CCc1ccc(NC2=C(Sc3nc(C)cc(C)n3)C(=O)N(Cc3ccccc3)C2=O)cc1. The minimum Gasteiger partial charge on any atom is -0.350 e. The molecule has 1 aromatic heterocycles. The number of carbonyl (C=O) groups is 2. The van der Waals surface area contributed by atoms with Crippen molar-refractivity contribution in [2.75, 3.05) is 5.32 Å². The Morgan fingerprint density at radius 2 is 1.53 bits per heavy atom. The number of aromatic nitrogens is 2. The van der Waals surface area contributed by atoms with Crippen LogP contribution in [-0.4, -0.2) is 26.7 Å². The molecule has 2 amide bonds. The van der Waals surface area contributed by atoms with Gasteiger partial charge >= 0.3 is 0 Å². The van der Waals surface area contributed by atoms with Crippen molar-refractivity contribution in [1.29, 1.82) is 0 Å². The highest BCUT2D eigenvalue weighted by Crippen LogP contribution is 2.35. The lowest BCUT2D eigenvalue weighted by Gasteiger charge is -2.15. The van der Waals surface area contributed by atoms with Crippen LogP contribution in [0.3, 0.4) is 0 Å². The highest BCUT2D eigenvalue weighted by Gasteiger charge is 2.39. The van der Waals surface area contributed by atoms with E-state index in [0.717, 1.165) is 40.8 Å². The summed E-state index contributed by atoms with van der Waals surface area (Å²) < 4.78 is 0. The summed E-state index contributed by atoms with van der Waals surface area (Å²) in [5.74, 6) is -0.704. The first-order valence-corrected chi connectivity index (χ1v) is 11.3. The maximum Gasteiger partial charge on any atom is 0.278 e. The molecule has 0 radical (unpaired) electrons. The topological polar surface area (TPSA) is 75.2 Å². The number of hydrogen-bond donors (Lipinski definition) is 1. The molecule has 2 heterocycles. The third kappa shape index (κ3) is 4.73. The van der Waals surface area contributed by atoms with Gasteiger partial charge in [0.25, 0.3) is 11.8 Å². The Bertz CT molecular complexity index is 1170. The summed E-state index contributed by atoms with van der Waals surface area (Å²) in [5.41, 5.74) is 4.70. The fourth-order valence-electron chi connectivity index (χ4n) is 3.47. The number of rotatable bonds is 7. The smallest absolute Gasteiger partial charge is 0.278 e. The zero-order valence-corrected chi connectivity index (χ0v) is 19.1. The normalized spacial score (nSPS) is 13.8. The van der Waals surface area contributed by atoms with Crippen LogP contribution < -0.4 is 5.32 Å². The number of aryl methyl sites for hydroxylation is 3. The maximum absolute atomic E-state index is 13.3. The van der Waals surface area contributed by atoms with Crippen molar-refractivity contribution in [2.45, 2.75) is 38.9 Å². The zero-order valence-electron chi connectivity index (χ0n) is 18.3. The number of nitrogens with one attached hydrogen (secondary N) is 1. The average Bonchev–Trinajstić information content (AvgIpc) is 2.99. The summed E-state index contributed by atoms with van der Waals surface area (Å²) in [6.45, 7) is 6.05. The molecule has 1 N–H and O–H groups in total. The van der Waals surface area contributed by atoms with E-state index < -0.39 is 0 Å². The van der Waals surface area contributed by atoms with Crippen molar-refractivity contribution in [2.24, 2.45) is 0 Å². The monoisotopic (exact) mass is 444 g/mol. The lowest BCUT2D eigenvalue weighted by atomic mass is 10.1. The van der Waals surface area contributed by atoms with Crippen molar-refractivity contribution in [3.05, 3.63) is 93.8 Å². The molecule has 6 nitrogen and oxygen atoms in total. The molecule has 2 aromatic carbocycles. The molecule has 0 saturated heterocycles. The highest BCUT2D eigenvalue weighted by atomic mass is 32.2. The Balaban J connectivity index is 1.68. The molecule has 0 aliphatic carbocycles. The van der Waals surface area contributed by atoms with Crippen LogP contribution in [0.25, 0.3) is 0 Å².